The van der Waals surface area contributed by atoms with E-state index in [2.05, 4.69) is 24.5 Å². The Bertz CT molecular complexity index is 981. The molecule has 0 atom stereocenters. The van der Waals surface area contributed by atoms with Gasteiger partial charge in [0.2, 0.25) is 0 Å². The van der Waals surface area contributed by atoms with Crippen molar-refractivity contribution in [3.05, 3.63) is 65.4 Å². The Morgan fingerprint density at radius 3 is 2.21 bits per heavy atom. The van der Waals surface area contributed by atoms with Crippen LogP contribution in [0.15, 0.2) is 54.2 Å². The van der Waals surface area contributed by atoms with Gasteiger partial charge in [-0.3, -0.25) is 14.4 Å². The van der Waals surface area contributed by atoms with Gasteiger partial charge in [-0.2, -0.15) is 0 Å². The minimum absolute atomic E-state index is 0.0859. The molecule has 0 bridgehead atoms. The van der Waals surface area contributed by atoms with E-state index in [4.69, 9.17) is 14.2 Å². The fourth-order valence-corrected chi connectivity index (χ4v) is 2.77. The minimum atomic E-state index is -0.455. The molecule has 0 saturated carbocycles. The molecule has 0 aromatic heterocycles. The monoisotopic (exact) mass is 468 g/mol. The summed E-state index contributed by atoms with van der Waals surface area (Å²) in [5.74, 6) is 0.483. The topological polar surface area (TPSA) is 103 Å². The van der Waals surface area contributed by atoms with Crippen LogP contribution in [0.4, 0.5) is 0 Å². The summed E-state index contributed by atoms with van der Waals surface area (Å²) < 4.78 is 15.7. The van der Waals surface area contributed by atoms with Gasteiger partial charge in [0.05, 0.1) is 20.3 Å². The molecule has 0 fully saturated rings. The van der Waals surface area contributed by atoms with Crippen LogP contribution < -0.4 is 20.1 Å². The van der Waals surface area contributed by atoms with Crippen molar-refractivity contribution in [2.45, 2.75) is 27.2 Å². The van der Waals surface area contributed by atoms with E-state index < -0.39 is 11.8 Å². The van der Waals surface area contributed by atoms with Gasteiger partial charge in [-0.15, -0.1) is 0 Å². The summed E-state index contributed by atoms with van der Waals surface area (Å²) in [4.78, 5) is 36.5. The number of ether oxygens (including phenoxy) is 3. The van der Waals surface area contributed by atoms with Gasteiger partial charge in [-0.05, 0) is 60.4 Å². The molecule has 0 aliphatic rings. The first-order valence-corrected chi connectivity index (χ1v) is 11.1. The summed E-state index contributed by atoms with van der Waals surface area (Å²) in [7, 11) is 1.57. The predicted octanol–water partition coefficient (Wildman–Crippen LogP) is 3.57. The average Bonchev–Trinajstić information content (AvgIpc) is 2.82. The number of carbonyl (C=O) groups is 3. The van der Waals surface area contributed by atoms with Gasteiger partial charge in [0, 0.05) is 19.0 Å². The fraction of sp³-hybridized carbons (Fsp3) is 0.346. The molecule has 182 valence electrons. The fourth-order valence-electron chi connectivity index (χ4n) is 2.77. The van der Waals surface area contributed by atoms with E-state index in [9.17, 15) is 14.4 Å². The highest BCUT2D eigenvalue weighted by Gasteiger charge is 2.15. The molecule has 2 amide bonds. The predicted molar refractivity (Wildman–Crippen MR) is 129 cm³/mol. The van der Waals surface area contributed by atoms with Gasteiger partial charge in [0.25, 0.3) is 11.8 Å². The smallest absolute Gasteiger partial charge is 0.302 e. The highest BCUT2D eigenvalue weighted by atomic mass is 16.5. The molecule has 0 aliphatic heterocycles. The molecule has 2 aromatic carbocycles. The Labute approximate surface area is 200 Å². The summed E-state index contributed by atoms with van der Waals surface area (Å²) in [5.41, 5.74) is 1.19. The molecule has 0 radical (unpaired) electrons. The van der Waals surface area contributed by atoms with E-state index >= 15 is 0 Å². The summed E-state index contributed by atoms with van der Waals surface area (Å²) in [6, 6.07) is 13.8. The van der Waals surface area contributed by atoms with Crippen molar-refractivity contribution in [1.82, 2.24) is 10.6 Å². The highest BCUT2D eigenvalue weighted by Crippen LogP contribution is 2.16. The molecule has 0 aliphatic carbocycles. The lowest BCUT2D eigenvalue weighted by Crippen LogP contribution is -2.35. The molecular formula is C26H32N2O6. The molecule has 2 rings (SSSR count). The molecule has 0 unspecified atom stereocenters. The number of hydrogen-bond donors (Lipinski definition) is 2. The second kappa shape index (κ2) is 13.7. The zero-order chi connectivity index (χ0) is 24.9. The maximum absolute atomic E-state index is 12.8. The van der Waals surface area contributed by atoms with E-state index in [-0.39, 0.29) is 24.8 Å². The van der Waals surface area contributed by atoms with Gasteiger partial charge in [-0.25, -0.2) is 0 Å². The Kier molecular flexibility index (Phi) is 10.6. The standard InChI is InChI=1S/C26H32N2O6/c1-18(2)17-34-23-12-8-21(9-13-23)25(30)28-24(16-20-6-10-22(32-4)11-7-20)26(31)27-14-5-15-33-19(3)29/h6-13,16,18H,5,14-15,17H2,1-4H3,(H,27,31)(H,28,30). The average molecular weight is 469 g/mol. The van der Waals surface area contributed by atoms with Gasteiger partial charge in [0.1, 0.15) is 17.2 Å². The van der Waals surface area contributed by atoms with Crippen LogP contribution in [0.5, 0.6) is 11.5 Å². The van der Waals surface area contributed by atoms with Gasteiger partial charge < -0.3 is 24.8 Å². The number of esters is 1. The lowest BCUT2D eigenvalue weighted by atomic mass is 10.1. The van der Waals surface area contributed by atoms with Crippen molar-refractivity contribution in [2.75, 3.05) is 26.9 Å². The second-order valence-electron chi connectivity index (χ2n) is 7.96. The van der Waals surface area contributed by atoms with Crippen LogP contribution in [0, 0.1) is 5.92 Å². The van der Waals surface area contributed by atoms with Gasteiger partial charge in [0.15, 0.2) is 0 Å². The van der Waals surface area contributed by atoms with E-state index in [1.807, 2.05) is 0 Å². The summed E-state index contributed by atoms with van der Waals surface area (Å²) >= 11 is 0. The normalized spacial score (nSPS) is 11.0. The molecule has 0 saturated heterocycles. The maximum atomic E-state index is 12.8. The number of nitrogens with one attached hydrogen (secondary N) is 2. The Hall–Kier alpha value is -3.81. The SMILES string of the molecule is COc1ccc(C=C(NC(=O)c2ccc(OCC(C)C)cc2)C(=O)NCCCOC(C)=O)cc1. The summed E-state index contributed by atoms with van der Waals surface area (Å²) in [5, 5.41) is 5.43. The van der Waals surface area contributed by atoms with Gasteiger partial charge >= 0.3 is 5.97 Å². The Morgan fingerprint density at radius 1 is 0.971 bits per heavy atom. The van der Waals surface area contributed by atoms with Crippen molar-refractivity contribution >= 4 is 23.9 Å². The summed E-state index contributed by atoms with van der Waals surface area (Å²) in [6.45, 7) is 6.50. The number of benzene rings is 2. The lowest BCUT2D eigenvalue weighted by molar-refractivity contribution is -0.141. The quantitative estimate of drug-likeness (QED) is 0.280. The van der Waals surface area contributed by atoms with E-state index in [0.717, 1.165) is 0 Å². The number of hydrogen-bond acceptors (Lipinski definition) is 6. The van der Waals surface area contributed by atoms with Crippen LogP contribution in [0.25, 0.3) is 6.08 Å². The molecule has 2 N–H and O–H groups in total. The minimum Gasteiger partial charge on any atom is -0.497 e. The van der Waals surface area contributed by atoms with Crippen molar-refractivity contribution in [1.29, 1.82) is 0 Å². The zero-order valence-electron chi connectivity index (χ0n) is 20.1. The van der Waals surface area contributed by atoms with Crippen molar-refractivity contribution < 1.29 is 28.6 Å². The molecular weight excluding hydrogens is 436 g/mol. The molecule has 0 spiro atoms. The lowest BCUT2D eigenvalue weighted by Gasteiger charge is -2.12. The Morgan fingerprint density at radius 2 is 1.62 bits per heavy atom. The Balaban J connectivity index is 2.11. The van der Waals surface area contributed by atoms with E-state index in [1.165, 1.54) is 6.92 Å². The van der Waals surface area contributed by atoms with E-state index in [1.54, 1.807) is 61.7 Å². The number of rotatable bonds is 12. The third-order valence-corrected chi connectivity index (χ3v) is 4.53. The van der Waals surface area contributed by atoms with E-state index in [0.29, 0.717) is 41.6 Å². The maximum Gasteiger partial charge on any atom is 0.302 e. The number of amides is 2. The van der Waals surface area contributed by atoms with Crippen LogP contribution >= 0.6 is 0 Å². The zero-order valence-corrected chi connectivity index (χ0v) is 20.1. The van der Waals surface area contributed by atoms with Crippen LogP contribution in [-0.4, -0.2) is 44.7 Å². The third kappa shape index (κ3) is 9.36. The molecule has 8 heteroatoms. The summed E-state index contributed by atoms with van der Waals surface area (Å²) in [6.07, 6.45) is 2.03. The first-order chi connectivity index (χ1) is 16.3. The number of methoxy groups -OCH3 is 1. The molecule has 2 aromatic rings. The highest BCUT2D eigenvalue weighted by molar-refractivity contribution is 6.05. The molecule has 8 nitrogen and oxygen atoms in total. The van der Waals surface area contributed by atoms with Crippen LogP contribution in [-0.2, 0) is 14.3 Å². The van der Waals surface area contributed by atoms with Crippen LogP contribution in [0.1, 0.15) is 43.1 Å². The largest absolute Gasteiger partial charge is 0.497 e. The van der Waals surface area contributed by atoms with Gasteiger partial charge in [-0.1, -0.05) is 26.0 Å². The second-order valence-corrected chi connectivity index (χ2v) is 7.96. The van der Waals surface area contributed by atoms with Crippen LogP contribution in [0.3, 0.4) is 0 Å². The van der Waals surface area contributed by atoms with Crippen LogP contribution in [0.2, 0.25) is 0 Å². The first-order valence-electron chi connectivity index (χ1n) is 11.1. The first kappa shape index (κ1) is 26.4. The molecule has 0 heterocycles. The van der Waals surface area contributed by atoms with Crippen molar-refractivity contribution in [3.8, 4) is 11.5 Å². The number of carbonyl (C=O) groups excluding carboxylic acids is 3. The van der Waals surface area contributed by atoms with Crippen molar-refractivity contribution in [2.24, 2.45) is 5.92 Å². The molecule has 34 heavy (non-hydrogen) atoms. The van der Waals surface area contributed by atoms with Crippen molar-refractivity contribution in [3.63, 3.8) is 0 Å². The third-order valence-electron chi connectivity index (χ3n) is 4.53.